The number of fused-ring (bicyclic) bond motifs is 3. The average molecular weight is 1800 g/mol. The summed E-state index contributed by atoms with van der Waals surface area (Å²) in [5.41, 5.74) is 33.5. The summed E-state index contributed by atoms with van der Waals surface area (Å²) in [5, 5.41) is 0. The van der Waals surface area contributed by atoms with Gasteiger partial charge < -0.3 is 13.7 Å². The Bertz CT molecular complexity index is 7400. The standard InChI is InChI=1S/C27H31N2.C25H30N3.C21H28N3.C21H19N2.C14H15N4.C13H14N/c1-18(2)21-14-11-15-22(19(3)4)26(21)29-25-17-10-9-16-24(25)28(6)27(29)23-13-8-7-12-20(23)5;1-17(2)19-11-9-12-20(18(3)4)24(19)28-22-14-8-7-13-21(22)27(6)25(28)23-15-10-16-26(23)5;1-15(2)17-9-7-10-18(16(3)4)20(17)24-14-13-23(6)21(24)19-11-8-12-22(19)5;1-16-10-6-7-13-18(16)21-22(2)19-14-8-9-15-20(19)23(21)17-11-4-3-5-12-17;1-16-9-8-15-13(16)14-17(2)10-11-18(14)12-6-4-3-5-7-12;1-11-7-3-4-8-12(11)13-9-5-6-10-14(13)2/h7-19H,1-6H3;7-18H,1-6H3;7-16H,1-6H3;3-15H,1-2H3;3-11H,1-2H3;3-10H,1-2H3/q6*+1. The lowest BCUT2D eigenvalue weighted by molar-refractivity contribution is -0.660. The number of imidazole rings is 6. The fourth-order valence-corrected chi connectivity index (χ4v) is 19.2. The number of hydrogen-bond acceptors (Lipinski definition) is 1. The van der Waals surface area contributed by atoms with Crippen molar-refractivity contribution in [3.05, 3.63) is 409 Å². The summed E-state index contributed by atoms with van der Waals surface area (Å²) in [6.45, 7) is 33.9. The molecule has 0 amide bonds. The SMILES string of the molecule is CC(C)c1cccc(C(C)C)c1-n1c(-c2cccn2C)[n+](C)c2ccccc21.CC(C)c1cccc(C(C)C)c1-n1cc[n+](C)c1-c1cccn1C.Cc1ccccc1-c1cccc[n+]1C.Cc1ccccc1-c1n(-c2c(C(C)C)cccc2C(C)C)c2ccccc2[n+]1C.Cc1ccccc1-c1n(-c2ccccc2)c2ccccc2[n+]1C.Cn1ccnc1-c1n(-c2ccccc2)cc[n+]1C. The van der Waals surface area contributed by atoms with Gasteiger partial charge >= 0.3 is 17.5 Å². The zero-order chi connectivity index (χ0) is 96.4. The highest BCUT2D eigenvalue weighted by Crippen LogP contribution is 2.41. The van der Waals surface area contributed by atoms with Gasteiger partial charge in [0.1, 0.15) is 71.7 Å². The summed E-state index contributed by atoms with van der Waals surface area (Å²) in [4.78, 5) is 4.43. The lowest BCUT2D eigenvalue weighted by atomic mass is 9.92. The topological polar surface area (TPSA) is 75.6 Å². The fraction of sp³-hybridized carbons (Fsp3) is 0.248. The van der Waals surface area contributed by atoms with Crippen LogP contribution in [0.15, 0.2) is 359 Å². The van der Waals surface area contributed by atoms with Crippen LogP contribution in [0.25, 0.3) is 130 Å². The van der Waals surface area contributed by atoms with Crippen LogP contribution in [0.1, 0.15) is 169 Å². The quantitative estimate of drug-likeness (QED) is 0.0837. The van der Waals surface area contributed by atoms with Gasteiger partial charge in [0.15, 0.2) is 39.3 Å². The molecule has 0 fully saturated rings. The molecule has 0 aliphatic carbocycles. The summed E-state index contributed by atoms with van der Waals surface area (Å²) in [5.74, 6) is 9.61. The number of aromatic nitrogens is 15. The molecule has 11 aromatic carbocycles. The second-order valence-electron chi connectivity index (χ2n) is 37.8. The number of benzene rings is 11. The molecule has 0 aliphatic heterocycles. The Kier molecular flexibility index (Phi) is 29.7. The molecule has 0 spiro atoms. The van der Waals surface area contributed by atoms with E-state index in [1.54, 1.807) is 0 Å². The lowest BCUT2D eigenvalue weighted by Gasteiger charge is -2.18. The van der Waals surface area contributed by atoms with E-state index in [0.29, 0.717) is 35.5 Å². The molecule has 20 rings (SSSR count). The van der Waals surface area contributed by atoms with E-state index < -0.39 is 0 Å². The minimum absolute atomic E-state index is 0.444. The van der Waals surface area contributed by atoms with Gasteiger partial charge in [-0.2, -0.15) is 22.8 Å². The number of aryl methyl sites for hydroxylation is 12. The molecule has 0 atom stereocenters. The van der Waals surface area contributed by atoms with Crippen molar-refractivity contribution in [1.29, 1.82) is 0 Å². The first-order valence-electron chi connectivity index (χ1n) is 48.0. The van der Waals surface area contributed by atoms with Crippen LogP contribution in [0, 0.1) is 20.8 Å². The highest BCUT2D eigenvalue weighted by molar-refractivity contribution is 5.83. The number of rotatable bonds is 17. The number of para-hydroxylation sites is 11. The van der Waals surface area contributed by atoms with Gasteiger partial charge in [0.05, 0.1) is 46.4 Å². The zero-order valence-electron chi connectivity index (χ0n) is 84.2. The largest absolute Gasteiger partial charge is 0.344 e. The van der Waals surface area contributed by atoms with E-state index >= 15 is 0 Å². The van der Waals surface area contributed by atoms with Gasteiger partial charge in [-0.15, -0.1) is 0 Å². The number of hydrogen-bond donors (Lipinski definition) is 0. The predicted molar refractivity (Wildman–Crippen MR) is 561 cm³/mol. The van der Waals surface area contributed by atoms with Gasteiger partial charge in [0.2, 0.25) is 11.5 Å². The Hall–Kier alpha value is -14.8. The predicted octanol–water partition coefficient (Wildman–Crippen LogP) is 25.6. The first-order valence-corrected chi connectivity index (χ1v) is 48.0. The molecular formula is C121H137N15+6. The third-order valence-corrected chi connectivity index (χ3v) is 26.4. The van der Waals surface area contributed by atoms with E-state index in [9.17, 15) is 0 Å². The summed E-state index contributed by atoms with van der Waals surface area (Å²) in [6.07, 6.45) is 18.5. The van der Waals surface area contributed by atoms with Crippen molar-refractivity contribution in [2.75, 3.05) is 0 Å². The first-order chi connectivity index (χ1) is 65.6. The summed E-state index contributed by atoms with van der Waals surface area (Å²) in [7, 11) is 19.0. The molecule has 0 N–H and O–H groups in total. The molecule has 0 bridgehead atoms. The molecule has 0 unspecified atom stereocenters. The molecule has 15 heteroatoms. The van der Waals surface area contributed by atoms with Crippen molar-refractivity contribution in [2.45, 2.75) is 139 Å². The van der Waals surface area contributed by atoms with Gasteiger partial charge in [-0.3, -0.25) is 0 Å². The van der Waals surface area contributed by atoms with Crippen molar-refractivity contribution in [3.63, 3.8) is 0 Å². The Morgan fingerprint density at radius 1 is 0.250 bits per heavy atom. The first kappa shape index (κ1) is 95.8. The normalized spacial score (nSPS) is 11.3. The molecule has 15 nitrogen and oxygen atoms in total. The lowest BCUT2D eigenvalue weighted by Crippen LogP contribution is -2.31. The molecule has 0 radical (unpaired) electrons. The van der Waals surface area contributed by atoms with Crippen LogP contribution in [-0.4, -0.2) is 41.5 Å². The number of pyridine rings is 1. The summed E-state index contributed by atoms with van der Waals surface area (Å²) >= 11 is 0. The monoisotopic (exact) mass is 1800 g/mol. The van der Waals surface area contributed by atoms with Crippen LogP contribution in [0.5, 0.6) is 0 Å². The zero-order valence-corrected chi connectivity index (χ0v) is 84.2. The van der Waals surface area contributed by atoms with Crippen molar-refractivity contribution in [1.82, 2.24) is 41.5 Å². The van der Waals surface area contributed by atoms with Crippen molar-refractivity contribution in [3.8, 4) is 97.2 Å². The minimum atomic E-state index is 0.444. The Morgan fingerprint density at radius 2 is 0.596 bits per heavy atom. The van der Waals surface area contributed by atoms with E-state index in [0.717, 1.165) is 17.3 Å². The van der Waals surface area contributed by atoms with Crippen LogP contribution < -0.4 is 27.4 Å². The second-order valence-corrected chi connectivity index (χ2v) is 37.8. The van der Waals surface area contributed by atoms with Crippen molar-refractivity contribution < 1.29 is 27.4 Å². The highest BCUT2D eigenvalue weighted by Gasteiger charge is 2.36. The van der Waals surface area contributed by atoms with Crippen LogP contribution in [-0.2, 0) is 63.4 Å². The maximum atomic E-state index is 4.43. The van der Waals surface area contributed by atoms with Crippen molar-refractivity contribution in [2.24, 2.45) is 63.4 Å². The average Bonchev–Trinajstić information content (AvgIpc) is 1.58. The molecule has 690 valence electrons. The molecule has 9 aromatic heterocycles. The van der Waals surface area contributed by atoms with Crippen LogP contribution >= 0.6 is 0 Å². The van der Waals surface area contributed by atoms with Gasteiger partial charge in [0, 0.05) is 97.0 Å². The molecule has 0 saturated heterocycles. The maximum absolute atomic E-state index is 4.43. The van der Waals surface area contributed by atoms with Gasteiger partial charge in [-0.05, 0) is 182 Å². The maximum Gasteiger partial charge on any atom is 0.330 e. The van der Waals surface area contributed by atoms with Gasteiger partial charge in [-0.25, -0.2) is 32.4 Å². The van der Waals surface area contributed by atoms with Crippen molar-refractivity contribution >= 4 is 33.1 Å². The second kappa shape index (κ2) is 42.2. The fourth-order valence-electron chi connectivity index (χ4n) is 19.2. The van der Waals surface area contributed by atoms with Gasteiger partial charge in [0.25, 0.3) is 11.6 Å². The smallest absolute Gasteiger partial charge is 0.330 e. The van der Waals surface area contributed by atoms with Crippen LogP contribution in [0.3, 0.4) is 0 Å². The third kappa shape index (κ3) is 19.5. The van der Waals surface area contributed by atoms with Crippen LogP contribution in [0.4, 0.5) is 0 Å². The van der Waals surface area contributed by atoms with E-state index in [4.69, 9.17) is 0 Å². The molecular weight excluding hydrogens is 1660 g/mol. The van der Waals surface area contributed by atoms with E-state index in [-0.39, 0.29) is 0 Å². The van der Waals surface area contributed by atoms with E-state index in [1.165, 1.54) is 163 Å². The molecule has 9 heterocycles. The molecule has 0 aliphatic rings. The Morgan fingerprint density at radius 3 is 1.00 bits per heavy atom. The van der Waals surface area contributed by atoms with Crippen LogP contribution in [0.2, 0.25) is 0 Å². The summed E-state index contributed by atoms with van der Waals surface area (Å²) in [6, 6.07) is 108. The summed E-state index contributed by atoms with van der Waals surface area (Å²) < 4.78 is 31.6. The highest BCUT2D eigenvalue weighted by atomic mass is 15.2. The Balaban J connectivity index is 0.000000126. The third-order valence-electron chi connectivity index (χ3n) is 26.4. The van der Waals surface area contributed by atoms with E-state index in [2.05, 4.69) is 534 Å². The molecule has 0 saturated carbocycles. The number of nitrogens with zero attached hydrogens (tertiary/aromatic N) is 15. The Labute approximate surface area is 806 Å². The molecule has 136 heavy (non-hydrogen) atoms. The van der Waals surface area contributed by atoms with E-state index in [1.807, 2.05) is 61.5 Å². The molecule has 20 aromatic rings. The minimum Gasteiger partial charge on any atom is -0.344 e. The van der Waals surface area contributed by atoms with Gasteiger partial charge in [-0.1, -0.05) is 265 Å².